The van der Waals surface area contributed by atoms with Gasteiger partial charge in [-0.05, 0) is 49.8 Å². The topological polar surface area (TPSA) is 60.9 Å². The van der Waals surface area contributed by atoms with Crippen LogP contribution < -0.4 is 0 Å². The Morgan fingerprint density at radius 1 is 1.03 bits per heavy atom. The summed E-state index contributed by atoms with van der Waals surface area (Å²) in [7, 11) is 1.86. The van der Waals surface area contributed by atoms with Crippen LogP contribution in [0.3, 0.4) is 0 Å². The van der Waals surface area contributed by atoms with Crippen LogP contribution in [0.1, 0.15) is 28.5 Å². The van der Waals surface area contributed by atoms with Crippen LogP contribution in [0.15, 0.2) is 36.7 Å². The first-order chi connectivity index (χ1) is 13.7. The van der Waals surface area contributed by atoms with Gasteiger partial charge in [0.05, 0.1) is 17.1 Å². The maximum absolute atomic E-state index is 13.1. The highest BCUT2D eigenvalue weighted by molar-refractivity contribution is 5.68. The number of halogens is 3. The largest absolute Gasteiger partial charge is 0.435 e. The Hall–Kier alpha value is -3.49. The summed E-state index contributed by atoms with van der Waals surface area (Å²) in [5, 5.41) is 4.30. The van der Waals surface area contributed by atoms with Gasteiger partial charge in [-0.2, -0.15) is 18.3 Å². The lowest BCUT2D eigenvalue weighted by Crippen LogP contribution is -2.08. The molecule has 0 aliphatic heterocycles. The molecule has 0 N–H and O–H groups in total. The van der Waals surface area contributed by atoms with Crippen molar-refractivity contribution in [1.82, 2.24) is 29.1 Å². The van der Waals surface area contributed by atoms with E-state index in [1.165, 1.54) is 11.4 Å². The fraction of sp³-hybridized carbons (Fsp3) is 0.200. The van der Waals surface area contributed by atoms with E-state index in [0.29, 0.717) is 17.1 Å². The summed E-state index contributed by atoms with van der Waals surface area (Å²) < 4.78 is 42.5. The first-order valence-electron chi connectivity index (χ1n) is 8.81. The SMILES string of the molecule is Cc1cc(/C=C/c2nc(-c3ccccn3)cn2C)nn2c(C)c(C(F)(F)F)nc12. The van der Waals surface area contributed by atoms with Gasteiger partial charge >= 0.3 is 6.18 Å². The van der Waals surface area contributed by atoms with Crippen LogP contribution in [-0.2, 0) is 13.2 Å². The van der Waals surface area contributed by atoms with Crippen molar-refractivity contribution in [2.45, 2.75) is 20.0 Å². The molecule has 0 bridgehead atoms. The summed E-state index contributed by atoms with van der Waals surface area (Å²) in [4.78, 5) is 12.6. The summed E-state index contributed by atoms with van der Waals surface area (Å²) in [6, 6.07) is 7.28. The molecule has 6 nitrogen and oxygen atoms in total. The summed E-state index contributed by atoms with van der Waals surface area (Å²) in [5.74, 6) is 0.670. The van der Waals surface area contributed by atoms with Crippen molar-refractivity contribution in [3.05, 3.63) is 65.1 Å². The van der Waals surface area contributed by atoms with Crippen LogP contribution in [-0.4, -0.2) is 29.1 Å². The third kappa shape index (κ3) is 3.51. The van der Waals surface area contributed by atoms with E-state index in [2.05, 4.69) is 20.1 Å². The standard InChI is InChI=1S/C20H17F3N6/c1-12-10-14(27-29-13(2)18(20(21,22)23)26-19(12)29)7-8-17-25-16(11-28(17)3)15-6-4-5-9-24-15/h4-11H,1-3H3/b8-7+. The summed E-state index contributed by atoms with van der Waals surface area (Å²) in [6.45, 7) is 3.07. The minimum Gasteiger partial charge on any atom is -0.334 e. The molecule has 9 heteroatoms. The number of rotatable bonds is 3. The molecule has 0 saturated carbocycles. The summed E-state index contributed by atoms with van der Waals surface area (Å²) in [6.07, 6.45) is 2.51. The summed E-state index contributed by atoms with van der Waals surface area (Å²) >= 11 is 0. The van der Waals surface area contributed by atoms with Gasteiger partial charge in [0, 0.05) is 19.4 Å². The Balaban J connectivity index is 1.71. The normalized spacial score (nSPS) is 12.3. The molecule has 0 fully saturated rings. The highest BCUT2D eigenvalue weighted by Crippen LogP contribution is 2.32. The van der Waals surface area contributed by atoms with Gasteiger partial charge in [-0.25, -0.2) is 14.5 Å². The van der Waals surface area contributed by atoms with E-state index in [-0.39, 0.29) is 11.3 Å². The Morgan fingerprint density at radius 2 is 1.83 bits per heavy atom. The van der Waals surface area contributed by atoms with E-state index in [9.17, 15) is 13.2 Å². The molecule has 0 aromatic carbocycles. The minimum absolute atomic E-state index is 0.0414. The van der Waals surface area contributed by atoms with E-state index in [1.807, 2.05) is 36.0 Å². The predicted molar refractivity (Wildman–Crippen MR) is 103 cm³/mol. The molecule has 0 unspecified atom stereocenters. The maximum atomic E-state index is 13.1. The fourth-order valence-electron chi connectivity index (χ4n) is 3.08. The average Bonchev–Trinajstić information content (AvgIpc) is 3.21. The lowest BCUT2D eigenvalue weighted by molar-refractivity contribution is -0.141. The second-order valence-corrected chi connectivity index (χ2v) is 6.67. The number of hydrogen-bond donors (Lipinski definition) is 0. The molecule has 4 aromatic rings. The molecule has 0 saturated heterocycles. The second kappa shape index (κ2) is 6.84. The van der Waals surface area contributed by atoms with E-state index in [4.69, 9.17) is 0 Å². The van der Waals surface area contributed by atoms with Gasteiger partial charge in [0.15, 0.2) is 11.3 Å². The maximum Gasteiger partial charge on any atom is 0.435 e. The zero-order valence-corrected chi connectivity index (χ0v) is 15.9. The van der Waals surface area contributed by atoms with Gasteiger partial charge in [-0.1, -0.05) is 6.07 Å². The Morgan fingerprint density at radius 3 is 2.52 bits per heavy atom. The minimum atomic E-state index is -4.52. The smallest absolute Gasteiger partial charge is 0.334 e. The second-order valence-electron chi connectivity index (χ2n) is 6.67. The van der Waals surface area contributed by atoms with E-state index >= 15 is 0 Å². The number of pyridine rings is 1. The number of aryl methyl sites for hydroxylation is 3. The Kier molecular flexibility index (Phi) is 4.45. The molecular weight excluding hydrogens is 381 g/mol. The van der Waals surface area contributed by atoms with Crippen LogP contribution >= 0.6 is 0 Å². The highest BCUT2D eigenvalue weighted by Gasteiger charge is 2.37. The summed E-state index contributed by atoms with van der Waals surface area (Å²) in [5.41, 5.74) is 1.83. The molecular formula is C20H17F3N6. The van der Waals surface area contributed by atoms with Crippen molar-refractivity contribution in [2.24, 2.45) is 7.05 Å². The van der Waals surface area contributed by atoms with Crippen LogP contribution in [0.4, 0.5) is 13.2 Å². The zero-order chi connectivity index (χ0) is 20.8. The predicted octanol–water partition coefficient (Wildman–Crippen LogP) is 4.33. The molecule has 0 aliphatic carbocycles. The Labute approximate surface area is 164 Å². The van der Waals surface area contributed by atoms with Crippen LogP contribution in [0.5, 0.6) is 0 Å². The van der Waals surface area contributed by atoms with Crippen molar-refractivity contribution >= 4 is 17.8 Å². The lowest BCUT2D eigenvalue weighted by Gasteiger charge is -2.03. The third-order valence-corrected chi connectivity index (χ3v) is 4.52. The molecule has 4 heterocycles. The fourth-order valence-corrected chi connectivity index (χ4v) is 3.08. The molecule has 0 radical (unpaired) electrons. The van der Waals surface area contributed by atoms with Crippen molar-refractivity contribution < 1.29 is 13.2 Å². The lowest BCUT2D eigenvalue weighted by atomic mass is 10.2. The van der Waals surface area contributed by atoms with E-state index < -0.39 is 11.9 Å². The molecule has 0 atom stereocenters. The molecule has 148 valence electrons. The third-order valence-electron chi connectivity index (χ3n) is 4.52. The van der Waals surface area contributed by atoms with Crippen LogP contribution in [0.25, 0.3) is 29.2 Å². The van der Waals surface area contributed by atoms with Crippen LogP contribution in [0, 0.1) is 13.8 Å². The average molecular weight is 398 g/mol. The first kappa shape index (κ1) is 18.9. The Bertz CT molecular complexity index is 1220. The molecule has 0 amide bonds. The quantitative estimate of drug-likeness (QED) is 0.515. The van der Waals surface area contributed by atoms with Crippen LogP contribution in [0.2, 0.25) is 0 Å². The monoisotopic (exact) mass is 398 g/mol. The van der Waals surface area contributed by atoms with Crippen molar-refractivity contribution in [3.63, 3.8) is 0 Å². The number of imidazole rings is 2. The number of alkyl halides is 3. The zero-order valence-electron chi connectivity index (χ0n) is 15.9. The van der Waals surface area contributed by atoms with Gasteiger partial charge in [-0.15, -0.1) is 0 Å². The van der Waals surface area contributed by atoms with Gasteiger partial charge in [0.2, 0.25) is 0 Å². The van der Waals surface area contributed by atoms with Gasteiger partial charge in [-0.3, -0.25) is 4.98 Å². The molecule has 4 aromatic heterocycles. The van der Waals surface area contributed by atoms with Gasteiger partial charge in [0.25, 0.3) is 0 Å². The highest BCUT2D eigenvalue weighted by atomic mass is 19.4. The number of fused-ring (bicyclic) bond motifs is 1. The number of hydrogen-bond acceptors (Lipinski definition) is 4. The van der Waals surface area contributed by atoms with Crippen molar-refractivity contribution in [1.29, 1.82) is 0 Å². The molecule has 4 rings (SSSR count). The molecule has 0 aliphatic rings. The van der Waals surface area contributed by atoms with Gasteiger partial charge in [0.1, 0.15) is 11.5 Å². The molecule has 29 heavy (non-hydrogen) atoms. The van der Waals surface area contributed by atoms with E-state index in [1.54, 1.807) is 31.3 Å². The van der Waals surface area contributed by atoms with E-state index in [0.717, 1.165) is 11.4 Å². The molecule has 0 spiro atoms. The van der Waals surface area contributed by atoms with Crippen molar-refractivity contribution in [3.8, 4) is 11.4 Å². The number of aromatic nitrogens is 6. The van der Waals surface area contributed by atoms with Gasteiger partial charge < -0.3 is 4.57 Å². The van der Waals surface area contributed by atoms with Crippen molar-refractivity contribution in [2.75, 3.05) is 0 Å². The first-order valence-corrected chi connectivity index (χ1v) is 8.81. The number of nitrogens with zero attached hydrogens (tertiary/aromatic N) is 6.